The molecule has 0 saturated heterocycles. The molecule has 0 radical (unpaired) electrons. The lowest BCUT2D eigenvalue weighted by Gasteiger charge is -2.28. The fraction of sp³-hybridized carbons (Fsp3) is 0.188. The van der Waals surface area contributed by atoms with Crippen LogP contribution in [0.5, 0.6) is 5.75 Å². The molecule has 25 heavy (non-hydrogen) atoms. The molecule has 9 heteroatoms. The molecule has 1 amide bonds. The molecular formula is C16H13ClN4O3S. The standard InChI is InChI=1S/C16H13ClN4O3S/c17-11-3-5-12(6-4-11)24-10-14(22)20-7-9-25-16-19-18-15(21(16)20)13-2-1-8-23-13/h1-6,8H,7,9-10H2. The highest BCUT2D eigenvalue weighted by molar-refractivity contribution is 7.99. The van der Waals surface area contributed by atoms with Crippen LogP contribution in [-0.4, -0.2) is 39.7 Å². The van der Waals surface area contributed by atoms with Gasteiger partial charge in [0, 0.05) is 10.8 Å². The van der Waals surface area contributed by atoms with Crippen molar-refractivity contribution < 1.29 is 13.9 Å². The molecule has 1 aliphatic heterocycles. The van der Waals surface area contributed by atoms with Crippen LogP contribution in [0.3, 0.4) is 0 Å². The normalized spacial score (nSPS) is 13.6. The van der Waals surface area contributed by atoms with Gasteiger partial charge in [-0.05, 0) is 36.4 Å². The average Bonchev–Trinajstić information content (AvgIpc) is 3.29. The van der Waals surface area contributed by atoms with Gasteiger partial charge in [0.25, 0.3) is 5.91 Å². The van der Waals surface area contributed by atoms with Gasteiger partial charge in [-0.1, -0.05) is 23.4 Å². The Kier molecular flexibility index (Phi) is 4.37. The lowest BCUT2D eigenvalue weighted by atomic mass is 10.3. The summed E-state index contributed by atoms with van der Waals surface area (Å²) < 4.78 is 12.6. The third-order valence-electron chi connectivity index (χ3n) is 3.59. The van der Waals surface area contributed by atoms with E-state index in [-0.39, 0.29) is 12.5 Å². The highest BCUT2D eigenvalue weighted by Gasteiger charge is 2.29. The quantitative estimate of drug-likeness (QED) is 0.697. The molecule has 0 bridgehead atoms. The zero-order valence-electron chi connectivity index (χ0n) is 13.0. The van der Waals surface area contributed by atoms with E-state index in [2.05, 4.69) is 10.2 Å². The summed E-state index contributed by atoms with van der Waals surface area (Å²) in [6.45, 7) is 0.438. The maximum atomic E-state index is 12.7. The van der Waals surface area contributed by atoms with E-state index in [4.69, 9.17) is 20.8 Å². The maximum absolute atomic E-state index is 12.7. The third-order valence-corrected chi connectivity index (χ3v) is 4.74. The van der Waals surface area contributed by atoms with Gasteiger partial charge in [0.1, 0.15) is 5.75 Å². The molecular weight excluding hydrogens is 364 g/mol. The van der Waals surface area contributed by atoms with Crippen molar-refractivity contribution in [1.82, 2.24) is 14.9 Å². The number of rotatable bonds is 4. The number of halogens is 1. The summed E-state index contributed by atoms with van der Waals surface area (Å²) in [4.78, 5) is 12.7. The number of carbonyl (C=O) groups is 1. The lowest BCUT2D eigenvalue weighted by Crippen LogP contribution is -2.47. The van der Waals surface area contributed by atoms with Crippen LogP contribution in [-0.2, 0) is 4.79 Å². The highest BCUT2D eigenvalue weighted by atomic mass is 35.5. The Balaban J connectivity index is 1.55. The van der Waals surface area contributed by atoms with Crippen LogP contribution in [0, 0.1) is 0 Å². The predicted octanol–water partition coefficient (Wildman–Crippen LogP) is 2.84. The number of thioether (sulfide) groups is 1. The summed E-state index contributed by atoms with van der Waals surface area (Å²) >= 11 is 7.39. The van der Waals surface area contributed by atoms with E-state index in [0.717, 1.165) is 5.75 Å². The summed E-state index contributed by atoms with van der Waals surface area (Å²) in [5.74, 6) is 2.18. The molecule has 0 unspecified atom stereocenters. The van der Waals surface area contributed by atoms with Crippen molar-refractivity contribution in [2.24, 2.45) is 0 Å². The van der Waals surface area contributed by atoms with Gasteiger partial charge in [0.05, 0.1) is 12.8 Å². The Morgan fingerprint density at radius 1 is 1.28 bits per heavy atom. The van der Waals surface area contributed by atoms with Crippen LogP contribution in [0.15, 0.2) is 52.2 Å². The first-order chi connectivity index (χ1) is 12.2. The summed E-state index contributed by atoms with van der Waals surface area (Å²) in [5.41, 5.74) is 0. The fourth-order valence-corrected chi connectivity index (χ4v) is 3.42. The van der Waals surface area contributed by atoms with E-state index in [0.29, 0.717) is 34.1 Å². The molecule has 7 nitrogen and oxygen atoms in total. The summed E-state index contributed by atoms with van der Waals surface area (Å²) in [6.07, 6.45) is 1.56. The van der Waals surface area contributed by atoms with Gasteiger partial charge >= 0.3 is 0 Å². The van der Waals surface area contributed by atoms with Crippen molar-refractivity contribution in [2.75, 3.05) is 23.9 Å². The minimum Gasteiger partial charge on any atom is -0.484 e. The van der Waals surface area contributed by atoms with Gasteiger partial charge in [-0.15, -0.1) is 10.2 Å². The summed E-state index contributed by atoms with van der Waals surface area (Å²) in [6, 6.07) is 10.4. The molecule has 1 aromatic carbocycles. The van der Waals surface area contributed by atoms with E-state index in [1.165, 1.54) is 0 Å². The summed E-state index contributed by atoms with van der Waals surface area (Å²) in [7, 11) is 0. The van der Waals surface area contributed by atoms with Crippen molar-refractivity contribution in [3.8, 4) is 17.3 Å². The van der Waals surface area contributed by atoms with E-state index in [9.17, 15) is 4.79 Å². The van der Waals surface area contributed by atoms with Crippen LogP contribution in [0.1, 0.15) is 0 Å². The zero-order valence-corrected chi connectivity index (χ0v) is 14.5. The van der Waals surface area contributed by atoms with Gasteiger partial charge < -0.3 is 9.15 Å². The topological polar surface area (TPSA) is 73.4 Å². The number of aromatic nitrogens is 3. The van der Waals surface area contributed by atoms with Gasteiger partial charge in [0.15, 0.2) is 12.4 Å². The van der Waals surface area contributed by atoms with Crippen molar-refractivity contribution in [2.45, 2.75) is 5.16 Å². The molecule has 4 rings (SSSR count). The number of nitrogens with zero attached hydrogens (tertiary/aromatic N) is 4. The number of hydrogen-bond acceptors (Lipinski definition) is 6. The largest absolute Gasteiger partial charge is 0.484 e. The Bertz CT molecular complexity index is 879. The number of ether oxygens (including phenoxy) is 1. The molecule has 0 atom stereocenters. The van der Waals surface area contributed by atoms with E-state index in [1.54, 1.807) is 64.1 Å². The van der Waals surface area contributed by atoms with Gasteiger partial charge in [-0.25, -0.2) is 9.69 Å². The third kappa shape index (κ3) is 3.22. The molecule has 0 spiro atoms. The number of carbonyl (C=O) groups excluding carboxylic acids is 1. The minimum absolute atomic E-state index is 0.0957. The molecule has 3 heterocycles. The first-order valence-corrected chi connectivity index (χ1v) is 8.90. The molecule has 0 aliphatic carbocycles. The smallest absolute Gasteiger partial charge is 0.279 e. The van der Waals surface area contributed by atoms with E-state index in [1.807, 2.05) is 0 Å². The van der Waals surface area contributed by atoms with Crippen LogP contribution in [0.25, 0.3) is 11.6 Å². The van der Waals surface area contributed by atoms with E-state index >= 15 is 0 Å². The number of furan rings is 1. The molecule has 0 saturated carbocycles. The van der Waals surface area contributed by atoms with Crippen LogP contribution in [0.4, 0.5) is 0 Å². The molecule has 0 fully saturated rings. The van der Waals surface area contributed by atoms with E-state index < -0.39 is 0 Å². The first-order valence-electron chi connectivity index (χ1n) is 7.53. The molecule has 1 aliphatic rings. The fourth-order valence-electron chi connectivity index (χ4n) is 2.44. The van der Waals surface area contributed by atoms with Crippen LogP contribution in [0.2, 0.25) is 5.02 Å². The zero-order chi connectivity index (χ0) is 17.2. The Morgan fingerprint density at radius 3 is 2.88 bits per heavy atom. The van der Waals surface area contributed by atoms with Crippen molar-refractivity contribution >= 4 is 29.3 Å². The molecule has 0 N–H and O–H groups in total. The number of hydrogen-bond donors (Lipinski definition) is 0. The second kappa shape index (κ2) is 6.81. The van der Waals surface area contributed by atoms with Gasteiger partial charge in [0.2, 0.25) is 11.0 Å². The van der Waals surface area contributed by atoms with Crippen LogP contribution < -0.4 is 9.75 Å². The Hall–Kier alpha value is -2.45. The lowest BCUT2D eigenvalue weighted by molar-refractivity contribution is -0.122. The predicted molar refractivity (Wildman–Crippen MR) is 93.5 cm³/mol. The Morgan fingerprint density at radius 2 is 2.12 bits per heavy atom. The van der Waals surface area contributed by atoms with Crippen molar-refractivity contribution in [1.29, 1.82) is 0 Å². The van der Waals surface area contributed by atoms with Crippen molar-refractivity contribution in [3.05, 3.63) is 47.7 Å². The average molecular weight is 377 g/mol. The second-order valence-corrected chi connectivity index (χ2v) is 6.70. The minimum atomic E-state index is -0.191. The molecule has 128 valence electrons. The Labute approximate surface area is 152 Å². The van der Waals surface area contributed by atoms with Crippen molar-refractivity contribution in [3.63, 3.8) is 0 Å². The number of amides is 1. The monoisotopic (exact) mass is 376 g/mol. The highest BCUT2D eigenvalue weighted by Crippen LogP contribution is 2.28. The maximum Gasteiger partial charge on any atom is 0.279 e. The first kappa shape index (κ1) is 16.0. The SMILES string of the molecule is O=C(COc1ccc(Cl)cc1)N1CCSc2nnc(-c3ccco3)n21. The molecule has 3 aromatic rings. The molecule has 2 aromatic heterocycles. The summed E-state index contributed by atoms with van der Waals surface area (Å²) in [5, 5.41) is 11.1. The van der Waals surface area contributed by atoms with Gasteiger partial charge in [-0.2, -0.15) is 0 Å². The number of benzene rings is 1. The number of fused-ring (bicyclic) bond motifs is 1. The second-order valence-electron chi connectivity index (χ2n) is 5.20. The van der Waals surface area contributed by atoms with Gasteiger partial charge in [-0.3, -0.25) is 4.79 Å². The van der Waals surface area contributed by atoms with Crippen LogP contribution >= 0.6 is 23.4 Å².